The summed E-state index contributed by atoms with van der Waals surface area (Å²) in [4.78, 5) is 32.2. The summed E-state index contributed by atoms with van der Waals surface area (Å²) in [5.41, 5.74) is 1.40. The molecule has 0 aliphatic carbocycles. The minimum Gasteiger partial charge on any atom is -0.355 e. The summed E-state index contributed by atoms with van der Waals surface area (Å²) in [5.74, 6) is 0.863. The van der Waals surface area contributed by atoms with Crippen LogP contribution in [-0.4, -0.2) is 28.3 Å². The van der Waals surface area contributed by atoms with E-state index in [0.717, 1.165) is 23.3 Å². The molecule has 2 atom stereocenters. The fourth-order valence-corrected chi connectivity index (χ4v) is 2.64. The lowest BCUT2D eigenvalue weighted by Crippen LogP contribution is -2.38. The predicted octanol–water partition coefficient (Wildman–Crippen LogP) is 3.32. The molecule has 6 heteroatoms. The Hall–Kier alpha value is -2.37. The molecule has 0 aliphatic rings. The molecule has 2 aromatic rings. The topological polar surface area (TPSA) is 86.9 Å². The lowest BCUT2D eigenvalue weighted by atomic mass is 9.96. The molecule has 3 N–H and O–H groups in total. The summed E-state index contributed by atoms with van der Waals surface area (Å²) < 4.78 is 0. The molecular formula is C20H30N4O2. The van der Waals surface area contributed by atoms with E-state index < -0.39 is 5.41 Å². The van der Waals surface area contributed by atoms with Crippen molar-refractivity contribution in [3.8, 4) is 0 Å². The molecule has 0 saturated carbocycles. The molecular weight excluding hydrogens is 328 g/mol. The summed E-state index contributed by atoms with van der Waals surface area (Å²) in [6.07, 6.45) is 1.16. The monoisotopic (exact) mass is 358 g/mol. The molecule has 0 radical (unpaired) electrons. The van der Waals surface area contributed by atoms with Crippen LogP contribution in [0.3, 0.4) is 0 Å². The first-order valence-corrected chi connectivity index (χ1v) is 9.24. The van der Waals surface area contributed by atoms with Crippen molar-refractivity contribution in [3.05, 3.63) is 30.1 Å². The molecule has 0 saturated heterocycles. The Balaban J connectivity index is 2.01. The van der Waals surface area contributed by atoms with Gasteiger partial charge in [-0.1, -0.05) is 53.2 Å². The van der Waals surface area contributed by atoms with Gasteiger partial charge in [0.1, 0.15) is 5.82 Å². The Labute approximate surface area is 155 Å². The van der Waals surface area contributed by atoms with Gasteiger partial charge in [0.2, 0.25) is 11.8 Å². The van der Waals surface area contributed by atoms with Gasteiger partial charge in [-0.2, -0.15) is 0 Å². The highest BCUT2D eigenvalue weighted by Crippen LogP contribution is 2.24. The maximum atomic E-state index is 12.4. The predicted molar refractivity (Wildman–Crippen MR) is 104 cm³/mol. The van der Waals surface area contributed by atoms with Crippen LogP contribution >= 0.6 is 0 Å². The number of hydrogen-bond acceptors (Lipinski definition) is 3. The zero-order valence-electron chi connectivity index (χ0n) is 16.3. The maximum absolute atomic E-state index is 12.4. The molecule has 0 spiro atoms. The summed E-state index contributed by atoms with van der Waals surface area (Å²) in [7, 11) is 0. The summed E-state index contributed by atoms with van der Waals surface area (Å²) in [6, 6.07) is 7.65. The average molecular weight is 358 g/mol. The van der Waals surface area contributed by atoms with Crippen LogP contribution in [0.25, 0.3) is 11.0 Å². The van der Waals surface area contributed by atoms with E-state index in [1.165, 1.54) is 0 Å². The van der Waals surface area contributed by atoms with E-state index in [0.29, 0.717) is 6.54 Å². The molecule has 1 heterocycles. The van der Waals surface area contributed by atoms with E-state index in [1.807, 2.05) is 45.0 Å². The number of fused-ring (bicyclic) bond motifs is 1. The Morgan fingerprint density at radius 3 is 2.54 bits per heavy atom. The number of amides is 2. The van der Waals surface area contributed by atoms with Crippen molar-refractivity contribution in [1.29, 1.82) is 0 Å². The highest BCUT2D eigenvalue weighted by atomic mass is 16.2. The first-order chi connectivity index (χ1) is 12.2. The number of nitrogens with one attached hydrogen (secondary N) is 3. The van der Waals surface area contributed by atoms with Crippen LogP contribution in [0.1, 0.15) is 59.3 Å². The van der Waals surface area contributed by atoms with Gasteiger partial charge < -0.3 is 15.6 Å². The molecule has 1 aromatic carbocycles. The zero-order valence-corrected chi connectivity index (χ0v) is 16.3. The minimum absolute atomic E-state index is 0.0546. The van der Waals surface area contributed by atoms with Crippen LogP contribution in [0.2, 0.25) is 0 Å². The standard InChI is InChI=1S/C20H30N4O2/c1-6-13(2)17(18-22-14-9-7-8-10-15(14)23-18)24-16(25)11-12-21-19(26)20(3,4)5/h7-10,13,17H,6,11-12H2,1-5H3,(H,21,26)(H,22,23)(H,24,25)/t13-,17+/m1/s1. The van der Waals surface area contributed by atoms with Gasteiger partial charge in [-0.15, -0.1) is 0 Å². The van der Waals surface area contributed by atoms with Crippen molar-refractivity contribution in [2.75, 3.05) is 6.54 Å². The number of nitrogens with zero attached hydrogens (tertiary/aromatic N) is 1. The van der Waals surface area contributed by atoms with Crippen molar-refractivity contribution in [2.45, 2.75) is 53.5 Å². The molecule has 0 bridgehead atoms. The van der Waals surface area contributed by atoms with Gasteiger partial charge in [-0.3, -0.25) is 9.59 Å². The van der Waals surface area contributed by atoms with Gasteiger partial charge in [0.25, 0.3) is 0 Å². The number of benzene rings is 1. The summed E-state index contributed by atoms with van der Waals surface area (Å²) in [6.45, 7) is 10.1. The molecule has 2 amide bonds. The van der Waals surface area contributed by atoms with Gasteiger partial charge in [-0.25, -0.2) is 4.98 Å². The number of para-hydroxylation sites is 2. The quantitative estimate of drug-likeness (QED) is 0.709. The number of rotatable bonds is 7. The van der Waals surface area contributed by atoms with Crippen LogP contribution in [-0.2, 0) is 9.59 Å². The molecule has 6 nitrogen and oxygen atoms in total. The van der Waals surface area contributed by atoms with Gasteiger partial charge in [0.15, 0.2) is 0 Å². The van der Waals surface area contributed by atoms with E-state index in [9.17, 15) is 9.59 Å². The fourth-order valence-electron chi connectivity index (χ4n) is 2.64. The first-order valence-electron chi connectivity index (χ1n) is 9.24. The third-order valence-corrected chi connectivity index (χ3v) is 4.55. The van der Waals surface area contributed by atoms with E-state index in [1.54, 1.807) is 0 Å². The fraction of sp³-hybridized carbons (Fsp3) is 0.550. The number of carbonyl (C=O) groups excluding carboxylic acids is 2. The van der Waals surface area contributed by atoms with Gasteiger partial charge in [0, 0.05) is 18.4 Å². The summed E-state index contributed by atoms with van der Waals surface area (Å²) in [5, 5.41) is 5.88. The van der Waals surface area contributed by atoms with Gasteiger partial charge in [-0.05, 0) is 18.1 Å². The van der Waals surface area contributed by atoms with E-state index in [4.69, 9.17) is 0 Å². The molecule has 0 aliphatic heterocycles. The smallest absolute Gasteiger partial charge is 0.225 e. The van der Waals surface area contributed by atoms with Crippen molar-refractivity contribution in [2.24, 2.45) is 11.3 Å². The Morgan fingerprint density at radius 1 is 1.23 bits per heavy atom. The van der Waals surface area contributed by atoms with Crippen LogP contribution in [0, 0.1) is 11.3 Å². The minimum atomic E-state index is -0.454. The first kappa shape index (κ1) is 19.9. The largest absolute Gasteiger partial charge is 0.355 e. The molecule has 26 heavy (non-hydrogen) atoms. The molecule has 0 fully saturated rings. The Morgan fingerprint density at radius 2 is 1.92 bits per heavy atom. The number of hydrogen-bond donors (Lipinski definition) is 3. The van der Waals surface area contributed by atoms with Crippen LogP contribution in [0.15, 0.2) is 24.3 Å². The van der Waals surface area contributed by atoms with E-state index in [-0.39, 0.29) is 30.2 Å². The Bertz CT molecular complexity index is 728. The normalized spacial score (nSPS) is 14.0. The average Bonchev–Trinajstić information content (AvgIpc) is 3.01. The van der Waals surface area contributed by atoms with Crippen LogP contribution in [0.4, 0.5) is 0 Å². The van der Waals surface area contributed by atoms with Crippen molar-refractivity contribution in [3.63, 3.8) is 0 Å². The van der Waals surface area contributed by atoms with Crippen LogP contribution < -0.4 is 10.6 Å². The molecule has 0 unspecified atom stereocenters. The summed E-state index contributed by atoms with van der Waals surface area (Å²) >= 11 is 0. The van der Waals surface area contributed by atoms with E-state index in [2.05, 4.69) is 34.4 Å². The van der Waals surface area contributed by atoms with Crippen molar-refractivity contribution >= 4 is 22.8 Å². The number of carbonyl (C=O) groups is 2. The third kappa shape index (κ3) is 5.07. The van der Waals surface area contributed by atoms with Gasteiger partial charge in [0.05, 0.1) is 17.1 Å². The highest BCUT2D eigenvalue weighted by Gasteiger charge is 2.24. The second kappa shape index (κ2) is 8.34. The highest BCUT2D eigenvalue weighted by molar-refractivity contribution is 5.82. The lowest BCUT2D eigenvalue weighted by Gasteiger charge is -2.23. The maximum Gasteiger partial charge on any atom is 0.225 e. The second-order valence-corrected chi connectivity index (χ2v) is 7.83. The van der Waals surface area contributed by atoms with Gasteiger partial charge >= 0.3 is 0 Å². The Kier molecular flexibility index (Phi) is 6.40. The van der Waals surface area contributed by atoms with Crippen LogP contribution in [0.5, 0.6) is 0 Å². The zero-order chi connectivity index (χ0) is 19.3. The van der Waals surface area contributed by atoms with E-state index >= 15 is 0 Å². The number of aromatic amines is 1. The second-order valence-electron chi connectivity index (χ2n) is 7.83. The lowest BCUT2D eigenvalue weighted by molar-refractivity contribution is -0.128. The number of H-pyrrole nitrogens is 1. The van der Waals surface area contributed by atoms with Crippen molar-refractivity contribution in [1.82, 2.24) is 20.6 Å². The van der Waals surface area contributed by atoms with Crippen molar-refractivity contribution < 1.29 is 9.59 Å². The third-order valence-electron chi connectivity index (χ3n) is 4.55. The molecule has 2 rings (SSSR count). The number of aromatic nitrogens is 2. The SMILES string of the molecule is CC[C@@H](C)[C@H](NC(=O)CCNC(=O)C(C)(C)C)c1nc2ccccc2[nH]1. The molecule has 142 valence electrons. The number of imidazole rings is 1. The molecule has 1 aromatic heterocycles.